The molecule has 0 unspecified atom stereocenters. The second-order valence-corrected chi connectivity index (χ2v) is 8.59. The molecule has 2 heteroatoms. The van der Waals surface area contributed by atoms with Crippen molar-refractivity contribution in [2.75, 3.05) is 0 Å². The van der Waals surface area contributed by atoms with E-state index in [0.29, 0.717) is 17.6 Å². The van der Waals surface area contributed by atoms with E-state index in [1.54, 1.807) is 0 Å². The average Bonchev–Trinajstić information content (AvgIpc) is 2.98. The van der Waals surface area contributed by atoms with Crippen LogP contribution in [0.3, 0.4) is 0 Å². The molecule has 0 heterocycles. The summed E-state index contributed by atoms with van der Waals surface area (Å²) in [6, 6.07) is 18.0. The van der Waals surface area contributed by atoms with Crippen molar-refractivity contribution < 1.29 is 10.2 Å². The molecule has 2 nitrogen and oxygen atoms in total. The summed E-state index contributed by atoms with van der Waals surface area (Å²) < 4.78 is 0. The third-order valence-corrected chi connectivity index (χ3v) is 7.33. The first kappa shape index (κ1) is 17.6. The van der Waals surface area contributed by atoms with Crippen molar-refractivity contribution in [3.8, 4) is 5.75 Å². The quantitative estimate of drug-likeness (QED) is 0.677. The van der Waals surface area contributed by atoms with Gasteiger partial charge in [0.15, 0.2) is 0 Å². The number of rotatable bonds is 0. The van der Waals surface area contributed by atoms with Gasteiger partial charge in [-0.15, -0.1) is 0 Å². The molecule has 0 spiro atoms. The standard InChI is InChI=1S/C18H24O2.C6H6/c1-18-9-8-14-13-5-3-12(19)10-11(13)2-4-15(14)16(18)6-7-17(18)20;1-2-4-6-5-3-1/h3,5,10,14-17,19-20H,2,4,6-9H2,1H3;1-6H/t14-,15-,16+,17+,18+;/m1./s1. The molecule has 0 bridgehead atoms. The van der Waals surface area contributed by atoms with Gasteiger partial charge in [0.1, 0.15) is 5.75 Å². The summed E-state index contributed by atoms with van der Waals surface area (Å²) in [6.07, 6.45) is 6.78. The first-order chi connectivity index (χ1) is 12.6. The highest BCUT2D eigenvalue weighted by atomic mass is 16.3. The summed E-state index contributed by atoms with van der Waals surface area (Å²) in [5, 5.41) is 20.0. The fourth-order valence-corrected chi connectivity index (χ4v) is 5.93. The highest BCUT2D eigenvalue weighted by Crippen LogP contribution is 2.60. The van der Waals surface area contributed by atoms with E-state index >= 15 is 0 Å². The average molecular weight is 351 g/mol. The summed E-state index contributed by atoms with van der Waals surface area (Å²) in [7, 11) is 0. The van der Waals surface area contributed by atoms with E-state index in [4.69, 9.17) is 0 Å². The molecule has 2 aromatic rings. The lowest BCUT2D eigenvalue weighted by molar-refractivity contribution is -0.0226. The van der Waals surface area contributed by atoms with Crippen LogP contribution in [0.15, 0.2) is 54.6 Å². The number of phenolic OH excluding ortho intramolecular Hbond substituents is 1. The number of aromatic hydroxyl groups is 1. The molecule has 2 aromatic carbocycles. The normalized spacial score (nSPS) is 34.7. The summed E-state index contributed by atoms with van der Waals surface area (Å²) in [5.41, 5.74) is 2.99. The van der Waals surface area contributed by atoms with Crippen molar-refractivity contribution in [3.05, 3.63) is 65.7 Å². The number of phenols is 1. The SMILES string of the molecule is C[C@]12CC[C@@H]3c4ccc(O)cc4CC[C@H]3[C@@H]1CC[C@@H]2O.c1ccccc1. The predicted octanol–water partition coefficient (Wildman–Crippen LogP) is 5.30. The van der Waals surface area contributed by atoms with Gasteiger partial charge < -0.3 is 10.2 Å². The maximum atomic E-state index is 10.4. The van der Waals surface area contributed by atoms with Crippen LogP contribution >= 0.6 is 0 Å². The van der Waals surface area contributed by atoms with Crippen LogP contribution in [0, 0.1) is 17.3 Å². The van der Waals surface area contributed by atoms with Gasteiger partial charge in [0.25, 0.3) is 0 Å². The third kappa shape index (κ3) is 3.05. The van der Waals surface area contributed by atoms with Crippen molar-refractivity contribution in [2.45, 2.75) is 57.5 Å². The Morgan fingerprint density at radius 2 is 1.62 bits per heavy atom. The van der Waals surface area contributed by atoms with Gasteiger partial charge in [-0.3, -0.25) is 0 Å². The Labute approximate surface area is 156 Å². The molecule has 26 heavy (non-hydrogen) atoms. The molecular formula is C24H30O2. The zero-order valence-electron chi connectivity index (χ0n) is 15.6. The van der Waals surface area contributed by atoms with Crippen LogP contribution in [-0.2, 0) is 6.42 Å². The Hall–Kier alpha value is -1.80. The van der Waals surface area contributed by atoms with Gasteiger partial charge in [-0.1, -0.05) is 49.4 Å². The molecular weight excluding hydrogens is 320 g/mol. The van der Waals surface area contributed by atoms with Gasteiger partial charge in [0.2, 0.25) is 0 Å². The van der Waals surface area contributed by atoms with Crippen molar-refractivity contribution in [3.63, 3.8) is 0 Å². The third-order valence-electron chi connectivity index (χ3n) is 7.33. The Morgan fingerprint density at radius 3 is 2.31 bits per heavy atom. The zero-order chi connectivity index (χ0) is 18.1. The minimum atomic E-state index is -0.0883. The van der Waals surface area contributed by atoms with Crippen LogP contribution in [0.5, 0.6) is 5.75 Å². The smallest absolute Gasteiger partial charge is 0.115 e. The Morgan fingerprint density at radius 1 is 0.923 bits per heavy atom. The monoisotopic (exact) mass is 350 g/mol. The van der Waals surface area contributed by atoms with Gasteiger partial charge >= 0.3 is 0 Å². The number of aliphatic hydroxyl groups excluding tert-OH is 1. The molecule has 138 valence electrons. The number of hydrogen-bond acceptors (Lipinski definition) is 2. The number of aryl methyl sites for hydroxylation is 1. The molecule has 2 N–H and O–H groups in total. The topological polar surface area (TPSA) is 40.5 Å². The number of fused-ring (bicyclic) bond motifs is 5. The highest BCUT2D eigenvalue weighted by molar-refractivity contribution is 5.40. The number of benzene rings is 2. The van der Waals surface area contributed by atoms with E-state index in [9.17, 15) is 10.2 Å². The lowest BCUT2D eigenvalue weighted by atomic mass is 9.55. The van der Waals surface area contributed by atoms with Crippen LogP contribution < -0.4 is 0 Å². The van der Waals surface area contributed by atoms with E-state index in [0.717, 1.165) is 25.2 Å². The molecule has 0 aliphatic heterocycles. The number of hydrogen-bond donors (Lipinski definition) is 2. The second-order valence-electron chi connectivity index (χ2n) is 8.59. The van der Waals surface area contributed by atoms with Crippen molar-refractivity contribution in [2.24, 2.45) is 17.3 Å². The van der Waals surface area contributed by atoms with Gasteiger partial charge in [0, 0.05) is 0 Å². The molecule has 2 saturated carbocycles. The van der Waals surface area contributed by atoms with Gasteiger partial charge in [-0.25, -0.2) is 0 Å². The maximum absolute atomic E-state index is 10.4. The largest absolute Gasteiger partial charge is 0.508 e. The summed E-state index contributed by atoms with van der Waals surface area (Å²) in [4.78, 5) is 0. The van der Waals surface area contributed by atoms with Crippen LogP contribution in [-0.4, -0.2) is 16.3 Å². The predicted molar refractivity (Wildman–Crippen MR) is 105 cm³/mol. The minimum Gasteiger partial charge on any atom is -0.508 e. The van der Waals surface area contributed by atoms with Crippen molar-refractivity contribution in [1.82, 2.24) is 0 Å². The zero-order valence-corrected chi connectivity index (χ0v) is 15.6. The van der Waals surface area contributed by atoms with Crippen LogP contribution in [0.4, 0.5) is 0 Å². The van der Waals surface area contributed by atoms with Gasteiger partial charge in [-0.2, -0.15) is 0 Å². The molecule has 0 radical (unpaired) electrons. The Balaban J connectivity index is 0.000000240. The van der Waals surface area contributed by atoms with Gasteiger partial charge in [0.05, 0.1) is 6.10 Å². The van der Waals surface area contributed by atoms with E-state index in [2.05, 4.69) is 13.0 Å². The molecule has 0 saturated heterocycles. The second kappa shape index (κ2) is 7.08. The number of aliphatic hydroxyl groups is 1. The molecule has 0 aromatic heterocycles. The molecule has 0 amide bonds. The molecule has 5 atom stereocenters. The minimum absolute atomic E-state index is 0.0883. The molecule has 3 aliphatic rings. The highest BCUT2D eigenvalue weighted by Gasteiger charge is 2.54. The van der Waals surface area contributed by atoms with Crippen molar-refractivity contribution >= 4 is 0 Å². The maximum Gasteiger partial charge on any atom is 0.115 e. The fourth-order valence-electron chi connectivity index (χ4n) is 5.93. The van der Waals surface area contributed by atoms with E-state index in [1.165, 1.54) is 30.4 Å². The first-order valence-electron chi connectivity index (χ1n) is 10.1. The van der Waals surface area contributed by atoms with E-state index < -0.39 is 0 Å². The Bertz CT molecular complexity index is 714. The molecule has 5 rings (SSSR count). The summed E-state index contributed by atoms with van der Waals surface area (Å²) in [5.74, 6) is 2.49. The molecule has 2 fully saturated rings. The van der Waals surface area contributed by atoms with Crippen LogP contribution in [0.25, 0.3) is 0 Å². The molecule has 3 aliphatic carbocycles. The van der Waals surface area contributed by atoms with Crippen LogP contribution in [0.1, 0.15) is 56.1 Å². The van der Waals surface area contributed by atoms with E-state index in [1.807, 2.05) is 48.5 Å². The lowest BCUT2D eigenvalue weighted by Crippen LogP contribution is -2.43. The first-order valence-corrected chi connectivity index (χ1v) is 10.1. The lowest BCUT2D eigenvalue weighted by Gasteiger charge is -2.50. The van der Waals surface area contributed by atoms with Crippen molar-refractivity contribution in [1.29, 1.82) is 0 Å². The fraction of sp³-hybridized carbons (Fsp3) is 0.500. The van der Waals surface area contributed by atoms with Crippen LogP contribution in [0.2, 0.25) is 0 Å². The summed E-state index contributed by atoms with van der Waals surface area (Å²) in [6.45, 7) is 2.32. The summed E-state index contributed by atoms with van der Waals surface area (Å²) >= 11 is 0. The van der Waals surface area contributed by atoms with Gasteiger partial charge in [-0.05, 0) is 85.0 Å². The van der Waals surface area contributed by atoms with E-state index in [-0.39, 0.29) is 11.5 Å². The Kier molecular flexibility index (Phi) is 4.79.